The van der Waals surface area contributed by atoms with Gasteiger partial charge in [0, 0.05) is 31.7 Å². The van der Waals surface area contributed by atoms with Crippen molar-refractivity contribution in [3.05, 3.63) is 36.1 Å². The maximum Gasteiger partial charge on any atom is 0.135 e. The highest BCUT2D eigenvalue weighted by Crippen LogP contribution is 2.24. The molecule has 2 heterocycles. The molecule has 4 nitrogen and oxygen atoms in total. The summed E-state index contributed by atoms with van der Waals surface area (Å²) in [5.74, 6) is 1.32. The van der Waals surface area contributed by atoms with Crippen LogP contribution in [0.25, 0.3) is 11.0 Å². The topological polar surface area (TPSA) is 45.8 Å². The van der Waals surface area contributed by atoms with E-state index in [1.165, 1.54) is 0 Å². The molecule has 1 saturated heterocycles. The monoisotopic (exact) mass is 289 g/mol. The first kappa shape index (κ1) is 14.6. The fraction of sp³-hybridized carbons (Fsp3) is 0.529. The van der Waals surface area contributed by atoms with Crippen molar-refractivity contribution in [3.8, 4) is 0 Å². The maximum absolute atomic E-state index is 10.4. The van der Waals surface area contributed by atoms with Crippen molar-refractivity contribution in [2.24, 2.45) is 5.92 Å². The third-order valence-corrected chi connectivity index (χ3v) is 4.17. The van der Waals surface area contributed by atoms with Gasteiger partial charge in [-0.15, -0.1) is 0 Å². The number of likely N-dealkylation sites (N-methyl/N-ethyl adjacent to an activating group) is 1. The zero-order valence-electron chi connectivity index (χ0n) is 12.5. The Morgan fingerprint density at radius 3 is 2.81 bits per heavy atom. The average Bonchev–Trinajstić information content (AvgIpc) is 2.92. The molecule has 2 aromatic rings. The molecule has 1 fully saturated rings. The van der Waals surface area contributed by atoms with Crippen LogP contribution in [0, 0.1) is 5.92 Å². The van der Waals surface area contributed by atoms with Gasteiger partial charge < -0.3 is 19.2 Å². The SMILES string of the molecule is CN(CC1CCOCC1)CC(O)c1cc2ccccc2o1. The van der Waals surface area contributed by atoms with Crippen molar-refractivity contribution in [2.75, 3.05) is 33.4 Å². The Hall–Kier alpha value is -1.36. The fourth-order valence-corrected chi connectivity index (χ4v) is 3.00. The van der Waals surface area contributed by atoms with Crippen LogP contribution in [0.15, 0.2) is 34.7 Å². The van der Waals surface area contributed by atoms with Crippen LogP contribution >= 0.6 is 0 Å². The summed E-state index contributed by atoms with van der Waals surface area (Å²) < 4.78 is 11.1. The Bertz CT molecular complexity index is 541. The minimum absolute atomic E-state index is 0.581. The first-order chi connectivity index (χ1) is 10.2. The zero-order valence-corrected chi connectivity index (χ0v) is 12.5. The maximum atomic E-state index is 10.4. The lowest BCUT2D eigenvalue weighted by Gasteiger charge is -2.27. The number of hydrogen-bond donors (Lipinski definition) is 1. The fourth-order valence-electron chi connectivity index (χ4n) is 3.00. The van der Waals surface area contributed by atoms with E-state index in [1.807, 2.05) is 30.3 Å². The summed E-state index contributed by atoms with van der Waals surface area (Å²) in [7, 11) is 2.06. The van der Waals surface area contributed by atoms with E-state index < -0.39 is 6.10 Å². The Labute approximate surface area is 125 Å². The van der Waals surface area contributed by atoms with Crippen LogP contribution in [0.1, 0.15) is 24.7 Å². The molecule has 0 saturated carbocycles. The highest BCUT2D eigenvalue weighted by Gasteiger charge is 2.19. The number of fused-ring (bicyclic) bond motifs is 1. The third-order valence-electron chi connectivity index (χ3n) is 4.17. The highest BCUT2D eigenvalue weighted by molar-refractivity contribution is 5.77. The molecule has 4 heteroatoms. The lowest BCUT2D eigenvalue weighted by molar-refractivity contribution is 0.0454. The van der Waals surface area contributed by atoms with Crippen LogP contribution in [-0.4, -0.2) is 43.4 Å². The van der Waals surface area contributed by atoms with Gasteiger partial charge in [-0.25, -0.2) is 0 Å². The Kier molecular flexibility index (Phi) is 4.58. The number of rotatable bonds is 5. The van der Waals surface area contributed by atoms with Gasteiger partial charge in [0.15, 0.2) is 0 Å². The largest absolute Gasteiger partial charge is 0.458 e. The van der Waals surface area contributed by atoms with Crippen LogP contribution in [0.2, 0.25) is 0 Å². The molecule has 0 spiro atoms. The van der Waals surface area contributed by atoms with Gasteiger partial charge in [-0.1, -0.05) is 18.2 Å². The van der Waals surface area contributed by atoms with Crippen molar-refractivity contribution >= 4 is 11.0 Å². The molecule has 1 atom stereocenters. The van der Waals surface area contributed by atoms with Crippen LogP contribution in [0.4, 0.5) is 0 Å². The molecule has 114 valence electrons. The van der Waals surface area contributed by atoms with E-state index in [4.69, 9.17) is 9.15 Å². The van der Waals surface area contributed by atoms with E-state index in [9.17, 15) is 5.11 Å². The lowest BCUT2D eigenvalue weighted by atomic mass is 10.00. The quantitative estimate of drug-likeness (QED) is 0.919. The number of hydrogen-bond acceptors (Lipinski definition) is 4. The summed E-state index contributed by atoms with van der Waals surface area (Å²) in [5.41, 5.74) is 0.832. The molecule has 0 radical (unpaired) electrons. The first-order valence-electron chi connectivity index (χ1n) is 7.65. The van der Waals surface area contributed by atoms with Crippen LogP contribution < -0.4 is 0 Å². The second kappa shape index (κ2) is 6.60. The molecule has 1 unspecified atom stereocenters. The van der Waals surface area contributed by atoms with E-state index in [0.717, 1.165) is 43.6 Å². The molecule has 0 aliphatic carbocycles. The van der Waals surface area contributed by atoms with Crippen molar-refractivity contribution in [1.82, 2.24) is 4.90 Å². The van der Waals surface area contributed by atoms with Crippen LogP contribution in [-0.2, 0) is 4.74 Å². The molecule has 0 amide bonds. The predicted octanol–water partition coefficient (Wildman–Crippen LogP) is 2.82. The van der Waals surface area contributed by atoms with Gasteiger partial charge >= 0.3 is 0 Å². The number of aliphatic hydroxyl groups is 1. The molecule has 21 heavy (non-hydrogen) atoms. The van der Waals surface area contributed by atoms with Gasteiger partial charge in [0.05, 0.1) is 0 Å². The van der Waals surface area contributed by atoms with E-state index >= 15 is 0 Å². The normalized spacial score (nSPS) is 18.4. The molecular weight excluding hydrogens is 266 g/mol. The highest BCUT2D eigenvalue weighted by atomic mass is 16.5. The lowest BCUT2D eigenvalue weighted by Crippen LogP contribution is -2.32. The average molecular weight is 289 g/mol. The second-order valence-electron chi connectivity index (χ2n) is 5.98. The smallest absolute Gasteiger partial charge is 0.135 e. The summed E-state index contributed by atoms with van der Waals surface area (Å²) in [5, 5.41) is 11.4. The standard InChI is InChI=1S/C17H23NO3/c1-18(11-13-6-8-20-9-7-13)12-15(19)17-10-14-4-2-3-5-16(14)21-17/h2-5,10,13,15,19H,6-9,11-12H2,1H3. The third kappa shape index (κ3) is 3.64. The first-order valence-corrected chi connectivity index (χ1v) is 7.65. The number of aliphatic hydroxyl groups excluding tert-OH is 1. The summed E-state index contributed by atoms with van der Waals surface area (Å²) in [6.45, 7) is 3.33. The van der Waals surface area contributed by atoms with Gasteiger partial charge in [-0.3, -0.25) is 0 Å². The van der Waals surface area contributed by atoms with E-state index in [2.05, 4.69) is 11.9 Å². The molecule has 3 rings (SSSR count). The number of nitrogens with zero attached hydrogens (tertiary/aromatic N) is 1. The summed E-state index contributed by atoms with van der Waals surface area (Å²) in [6.07, 6.45) is 1.65. The van der Waals surface area contributed by atoms with Gasteiger partial charge in [-0.2, -0.15) is 0 Å². The van der Waals surface area contributed by atoms with Crippen LogP contribution in [0.3, 0.4) is 0 Å². The van der Waals surface area contributed by atoms with Crippen molar-refractivity contribution in [3.63, 3.8) is 0 Å². The van der Waals surface area contributed by atoms with Gasteiger partial charge in [-0.05, 0) is 37.9 Å². The van der Waals surface area contributed by atoms with E-state index in [1.54, 1.807) is 0 Å². The molecule has 1 aliphatic heterocycles. The van der Waals surface area contributed by atoms with Crippen molar-refractivity contribution in [1.29, 1.82) is 0 Å². The number of benzene rings is 1. The van der Waals surface area contributed by atoms with Crippen LogP contribution in [0.5, 0.6) is 0 Å². The Morgan fingerprint density at radius 1 is 1.29 bits per heavy atom. The zero-order chi connectivity index (χ0) is 14.7. The predicted molar refractivity (Wildman–Crippen MR) is 82.2 cm³/mol. The van der Waals surface area contributed by atoms with Crippen molar-refractivity contribution < 1.29 is 14.3 Å². The Morgan fingerprint density at radius 2 is 2.05 bits per heavy atom. The number of para-hydroxylation sites is 1. The molecular formula is C17H23NO3. The van der Waals surface area contributed by atoms with E-state index in [-0.39, 0.29) is 0 Å². The summed E-state index contributed by atoms with van der Waals surface area (Å²) >= 11 is 0. The number of furan rings is 1. The minimum atomic E-state index is -0.581. The van der Waals surface area contributed by atoms with Gasteiger partial charge in [0.25, 0.3) is 0 Å². The molecule has 1 N–H and O–H groups in total. The van der Waals surface area contributed by atoms with E-state index in [0.29, 0.717) is 18.2 Å². The summed E-state index contributed by atoms with van der Waals surface area (Å²) in [6, 6.07) is 9.78. The second-order valence-corrected chi connectivity index (χ2v) is 5.98. The summed E-state index contributed by atoms with van der Waals surface area (Å²) in [4.78, 5) is 2.19. The Balaban J connectivity index is 1.58. The minimum Gasteiger partial charge on any atom is -0.458 e. The molecule has 1 aromatic carbocycles. The molecule has 1 aliphatic rings. The molecule has 1 aromatic heterocycles. The van der Waals surface area contributed by atoms with Gasteiger partial charge in [0.1, 0.15) is 17.4 Å². The molecule has 0 bridgehead atoms. The van der Waals surface area contributed by atoms with Gasteiger partial charge in [0.2, 0.25) is 0 Å². The van der Waals surface area contributed by atoms with Crippen molar-refractivity contribution in [2.45, 2.75) is 18.9 Å². The number of ether oxygens (including phenoxy) is 1.